The van der Waals surface area contributed by atoms with Crippen molar-refractivity contribution in [2.75, 3.05) is 25.6 Å². The molecule has 2 rings (SSSR count). The number of halogens is 1. The first-order chi connectivity index (χ1) is 9.02. The number of hydroxylamine groups is 2. The summed E-state index contributed by atoms with van der Waals surface area (Å²) in [6.07, 6.45) is 0.193. The van der Waals surface area contributed by atoms with Crippen molar-refractivity contribution >= 4 is 29.1 Å². The van der Waals surface area contributed by atoms with Crippen LogP contribution in [0.25, 0.3) is 0 Å². The van der Waals surface area contributed by atoms with Gasteiger partial charge in [0.2, 0.25) is 5.91 Å². The molecule has 102 valence electrons. The van der Waals surface area contributed by atoms with Crippen LogP contribution in [0.5, 0.6) is 0 Å². The van der Waals surface area contributed by atoms with Crippen molar-refractivity contribution in [3.8, 4) is 0 Å². The zero-order valence-corrected chi connectivity index (χ0v) is 11.6. The van der Waals surface area contributed by atoms with Gasteiger partial charge in [-0.25, -0.2) is 5.06 Å². The minimum Gasteiger partial charge on any atom is -0.312 e. The lowest BCUT2D eigenvalue weighted by molar-refractivity contribution is -0.172. The molecule has 0 saturated carbocycles. The van der Waals surface area contributed by atoms with Crippen LogP contribution in [0.1, 0.15) is 6.42 Å². The van der Waals surface area contributed by atoms with Crippen LogP contribution in [0.3, 0.4) is 0 Å². The van der Waals surface area contributed by atoms with Crippen molar-refractivity contribution in [2.45, 2.75) is 6.42 Å². The zero-order chi connectivity index (χ0) is 14.0. The molecule has 6 heteroatoms. The van der Waals surface area contributed by atoms with E-state index in [2.05, 4.69) is 0 Å². The van der Waals surface area contributed by atoms with E-state index in [9.17, 15) is 9.59 Å². The Morgan fingerprint density at radius 1 is 1.53 bits per heavy atom. The Hall–Kier alpha value is -1.59. The zero-order valence-electron chi connectivity index (χ0n) is 10.8. The molecule has 0 aromatic heterocycles. The van der Waals surface area contributed by atoms with E-state index in [1.54, 1.807) is 29.2 Å². The lowest BCUT2D eigenvalue weighted by Crippen LogP contribution is -2.34. The Kier molecular flexibility index (Phi) is 4.07. The van der Waals surface area contributed by atoms with E-state index in [4.69, 9.17) is 16.4 Å². The van der Waals surface area contributed by atoms with Gasteiger partial charge in [-0.15, -0.1) is 0 Å². The van der Waals surface area contributed by atoms with Crippen molar-refractivity contribution in [1.29, 1.82) is 0 Å². The smallest absolute Gasteiger partial charge is 0.251 e. The number of hydrogen-bond donors (Lipinski definition) is 0. The second kappa shape index (κ2) is 5.59. The number of benzene rings is 1. The number of carbonyl (C=O) groups is 2. The normalized spacial score (nSPS) is 18.8. The van der Waals surface area contributed by atoms with E-state index in [1.165, 1.54) is 14.2 Å². The first-order valence-electron chi connectivity index (χ1n) is 5.90. The summed E-state index contributed by atoms with van der Waals surface area (Å²) in [5.74, 6) is -0.651. The molecule has 0 spiro atoms. The van der Waals surface area contributed by atoms with Crippen molar-refractivity contribution in [3.63, 3.8) is 0 Å². The van der Waals surface area contributed by atoms with Crippen LogP contribution in [-0.2, 0) is 14.4 Å². The fraction of sp³-hybridized carbons (Fsp3) is 0.385. The van der Waals surface area contributed by atoms with Gasteiger partial charge in [0, 0.05) is 30.7 Å². The predicted octanol–water partition coefficient (Wildman–Crippen LogP) is 1.71. The average molecular weight is 283 g/mol. The molecule has 2 amide bonds. The minimum absolute atomic E-state index is 0.0786. The van der Waals surface area contributed by atoms with Crippen molar-refractivity contribution < 1.29 is 14.4 Å². The fourth-order valence-electron chi connectivity index (χ4n) is 2.11. The number of nitrogens with zero attached hydrogens (tertiary/aromatic N) is 2. The van der Waals surface area contributed by atoms with Crippen molar-refractivity contribution in [1.82, 2.24) is 5.06 Å². The molecule has 1 aromatic carbocycles. The van der Waals surface area contributed by atoms with Crippen LogP contribution in [0, 0.1) is 5.92 Å². The van der Waals surface area contributed by atoms with Gasteiger partial charge in [-0.2, -0.15) is 0 Å². The summed E-state index contributed by atoms with van der Waals surface area (Å²) in [7, 11) is 2.96. The topological polar surface area (TPSA) is 49.9 Å². The average Bonchev–Trinajstić information content (AvgIpc) is 2.79. The van der Waals surface area contributed by atoms with E-state index in [0.29, 0.717) is 17.3 Å². The standard InChI is InChI=1S/C13H15ClN2O3/c1-15(19-2)13(18)9-6-12(17)16(8-9)11-5-3-4-10(14)7-11/h3-5,7,9H,6,8H2,1-2H3. The summed E-state index contributed by atoms with van der Waals surface area (Å²) in [6.45, 7) is 0.353. The van der Waals surface area contributed by atoms with Gasteiger partial charge in [0.15, 0.2) is 0 Å². The molecule has 5 nitrogen and oxygen atoms in total. The van der Waals surface area contributed by atoms with Crippen molar-refractivity contribution in [2.24, 2.45) is 5.92 Å². The minimum atomic E-state index is -0.378. The second-order valence-electron chi connectivity index (χ2n) is 4.40. The van der Waals surface area contributed by atoms with Gasteiger partial charge in [0.1, 0.15) is 0 Å². The van der Waals surface area contributed by atoms with Crippen LogP contribution in [-0.4, -0.2) is 37.6 Å². The fourth-order valence-corrected chi connectivity index (χ4v) is 2.30. The van der Waals surface area contributed by atoms with Gasteiger partial charge in [0.05, 0.1) is 13.0 Å². The molecule has 0 radical (unpaired) electrons. The molecule has 1 saturated heterocycles. The maximum absolute atomic E-state index is 12.0. The summed E-state index contributed by atoms with van der Waals surface area (Å²) in [4.78, 5) is 30.4. The summed E-state index contributed by atoms with van der Waals surface area (Å²) in [6, 6.07) is 7.04. The van der Waals surface area contributed by atoms with E-state index in [0.717, 1.165) is 5.06 Å². The highest BCUT2D eigenvalue weighted by molar-refractivity contribution is 6.30. The monoisotopic (exact) mass is 282 g/mol. The number of anilines is 1. The lowest BCUT2D eigenvalue weighted by atomic mass is 10.1. The highest BCUT2D eigenvalue weighted by Crippen LogP contribution is 2.27. The molecule has 1 aliphatic heterocycles. The van der Waals surface area contributed by atoms with Gasteiger partial charge < -0.3 is 4.90 Å². The Morgan fingerprint density at radius 2 is 2.26 bits per heavy atom. The SMILES string of the molecule is CON(C)C(=O)C1CC(=O)N(c2cccc(Cl)c2)C1. The number of amides is 2. The lowest BCUT2D eigenvalue weighted by Gasteiger charge is -2.19. The largest absolute Gasteiger partial charge is 0.312 e. The molecular formula is C13H15ClN2O3. The summed E-state index contributed by atoms with van der Waals surface area (Å²) in [5.41, 5.74) is 0.716. The van der Waals surface area contributed by atoms with Crippen LogP contribution in [0.4, 0.5) is 5.69 Å². The first-order valence-corrected chi connectivity index (χ1v) is 6.28. The van der Waals surface area contributed by atoms with Crippen LogP contribution < -0.4 is 4.90 Å². The number of hydrogen-bond acceptors (Lipinski definition) is 3. The van der Waals surface area contributed by atoms with E-state index < -0.39 is 0 Å². The molecular weight excluding hydrogens is 268 g/mol. The Labute approximate surface area is 116 Å². The molecule has 1 heterocycles. The van der Waals surface area contributed by atoms with Crippen molar-refractivity contribution in [3.05, 3.63) is 29.3 Å². The molecule has 19 heavy (non-hydrogen) atoms. The molecule has 1 unspecified atom stereocenters. The molecule has 0 aliphatic carbocycles. The van der Waals surface area contributed by atoms with Gasteiger partial charge in [-0.3, -0.25) is 14.4 Å². The summed E-state index contributed by atoms with van der Waals surface area (Å²) in [5, 5.41) is 1.72. The molecule has 1 aliphatic rings. The third-order valence-corrected chi connectivity index (χ3v) is 3.41. The van der Waals surface area contributed by atoms with E-state index in [1.807, 2.05) is 0 Å². The summed E-state index contributed by atoms with van der Waals surface area (Å²) >= 11 is 5.91. The molecule has 0 N–H and O–H groups in total. The Bertz CT molecular complexity index is 506. The third-order valence-electron chi connectivity index (χ3n) is 3.18. The van der Waals surface area contributed by atoms with Gasteiger partial charge in [0.25, 0.3) is 5.91 Å². The van der Waals surface area contributed by atoms with E-state index >= 15 is 0 Å². The maximum atomic E-state index is 12.0. The highest BCUT2D eigenvalue weighted by atomic mass is 35.5. The number of rotatable bonds is 3. The molecule has 1 atom stereocenters. The van der Waals surface area contributed by atoms with E-state index in [-0.39, 0.29) is 24.2 Å². The second-order valence-corrected chi connectivity index (χ2v) is 4.84. The molecule has 0 bridgehead atoms. The first kappa shape index (κ1) is 13.8. The van der Waals surface area contributed by atoms with Crippen LogP contribution in [0.2, 0.25) is 5.02 Å². The highest BCUT2D eigenvalue weighted by Gasteiger charge is 2.36. The predicted molar refractivity (Wildman–Crippen MR) is 71.7 cm³/mol. The Morgan fingerprint density at radius 3 is 2.89 bits per heavy atom. The summed E-state index contributed by atoms with van der Waals surface area (Å²) < 4.78 is 0. The van der Waals surface area contributed by atoms with Gasteiger partial charge in [-0.1, -0.05) is 17.7 Å². The molecule has 1 aromatic rings. The third kappa shape index (κ3) is 2.88. The Balaban J connectivity index is 2.14. The number of carbonyl (C=O) groups excluding carboxylic acids is 2. The van der Waals surface area contributed by atoms with Gasteiger partial charge >= 0.3 is 0 Å². The maximum Gasteiger partial charge on any atom is 0.251 e. The van der Waals surface area contributed by atoms with Crippen LogP contribution >= 0.6 is 11.6 Å². The van der Waals surface area contributed by atoms with Gasteiger partial charge in [-0.05, 0) is 18.2 Å². The quantitative estimate of drug-likeness (QED) is 0.793. The van der Waals surface area contributed by atoms with Crippen LogP contribution in [0.15, 0.2) is 24.3 Å². The molecule has 1 fully saturated rings.